The number of benzene rings is 1. The van der Waals surface area contributed by atoms with Gasteiger partial charge in [-0.3, -0.25) is 0 Å². The van der Waals surface area contributed by atoms with Gasteiger partial charge in [-0.05, 0) is 37.8 Å². The molecule has 0 saturated carbocycles. The Labute approximate surface area is 137 Å². The summed E-state index contributed by atoms with van der Waals surface area (Å²) in [7, 11) is 0. The Balaban J connectivity index is 1.73. The molecular weight excluding hydrogens is 272 g/mol. The zero-order valence-electron chi connectivity index (χ0n) is 14.4. The molecule has 1 aromatic carbocycles. The molecule has 0 spiro atoms. The van der Waals surface area contributed by atoms with Gasteiger partial charge in [0.1, 0.15) is 5.75 Å². The highest BCUT2D eigenvalue weighted by Crippen LogP contribution is 2.10. The number of rotatable bonds is 15. The van der Waals surface area contributed by atoms with Crippen LogP contribution in [0.1, 0.15) is 71.1 Å². The maximum Gasteiger partial charge on any atom is 0.119 e. The number of para-hydroxylation sites is 1. The van der Waals surface area contributed by atoms with E-state index in [0.717, 1.165) is 32.0 Å². The predicted molar refractivity (Wildman–Crippen MR) is 94.6 cm³/mol. The van der Waals surface area contributed by atoms with Crippen LogP contribution in [0, 0.1) is 0 Å². The lowest BCUT2D eigenvalue weighted by Crippen LogP contribution is -1.99. The van der Waals surface area contributed by atoms with Gasteiger partial charge in [0.25, 0.3) is 0 Å². The van der Waals surface area contributed by atoms with E-state index in [1.807, 2.05) is 30.3 Å². The molecule has 0 N–H and O–H groups in total. The van der Waals surface area contributed by atoms with Crippen molar-refractivity contribution in [3.05, 3.63) is 30.3 Å². The molecular formula is C20H34O2. The highest BCUT2D eigenvalue weighted by atomic mass is 16.5. The Morgan fingerprint density at radius 2 is 1.18 bits per heavy atom. The average molecular weight is 306 g/mol. The van der Waals surface area contributed by atoms with Crippen molar-refractivity contribution in [3.8, 4) is 5.75 Å². The van der Waals surface area contributed by atoms with E-state index in [4.69, 9.17) is 9.47 Å². The average Bonchev–Trinajstić information content (AvgIpc) is 2.56. The molecule has 0 aliphatic carbocycles. The van der Waals surface area contributed by atoms with Crippen LogP contribution in [0.25, 0.3) is 0 Å². The Hall–Kier alpha value is -1.02. The molecule has 0 aromatic heterocycles. The fourth-order valence-corrected chi connectivity index (χ4v) is 2.45. The summed E-state index contributed by atoms with van der Waals surface area (Å²) in [6.07, 6.45) is 12.8. The highest BCUT2D eigenvalue weighted by Gasteiger charge is 1.94. The molecule has 0 aliphatic heterocycles. The monoisotopic (exact) mass is 306 g/mol. The lowest BCUT2D eigenvalue weighted by molar-refractivity contribution is 0.125. The molecule has 0 saturated heterocycles. The summed E-state index contributed by atoms with van der Waals surface area (Å²) < 4.78 is 11.4. The van der Waals surface area contributed by atoms with E-state index >= 15 is 0 Å². The van der Waals surface area contributed by atoms with Crippen LogP contribution in [0.2, 0.25) is 0 Å². The van der Waals surface area contributed by atoms with Crippen molar-refractivity contribution in [3.63, 3.8) is 0 Å². The molecule has 0 unspecified atom stereocenters. The van der Waals surface area contributed by atoms with Crippen LogP contribution in [-0.4, -0.2) is 19.8 Å². The first-order chi connectivity index (χ1) is 10.9. The highest BCUT2D eigenvalue weighted by molar-refractivity contribution is 5.20. The van der Waals surface area contributed by atoms with E-state index in [2.05, 4.69) is 6.92 Å². The second-order valence-corrected chi connectivity index (χ2v) is 5.96. The fraction of sp³-hybridized carbons (Fsp3) is 0.700. The van der Waals surface area contributed by atoms with E-state index < -0.39 is 0 Å². The van der Waals surface area contributed by atoms with Gasteiger partial charge in [-0.1, -0.05) is 63.6 Å². The quantitative estimate of drug-likeness (QED) is 0.370. The molecule has 22 heavy (non-hydrogen) atoms. The summed E-state index contributed by atoms with van der Waals surface area (Å²) in [6, 6.07) is 10.1. The van der Waals surface area contributed by atoms with Crippen LogP contribution >= 0.6 is 0 Å². The van der Waals surface area contributed by atoms with Crippen LogP contribution in [0.5, 0.6) is 5.75 Å². The van der Waals surface area contributed by atoms with Crippen molar-refractivity contribution < 1.29 is 9.47 Å². The van der Waals surface area contributed by atoms with Gasteiger partial charge in [0.05, 0.1) is 6.61 Å². The topological polar surface area (TPSA) is 18.5 Å². The van der Waals surface area contributed by atoms with Gasteiger partial charge in [-0.2, -0.15) is 0 Å². The molecule has 0 radical (unpaired) electrons. The smallest absolute Gasteiger partial charge is 0.119 e. The molecule has 0 fully saturated rings. The van der Waals surface area contributed by atoms with Crippen LogP contribution < -0.4 is 4.74 Å². The van der Waals surface area contributed by atoms with Gasteiger partial charge >= 0.3 is 0 Å². The first-order valence-corrected chi connectivity index (χ1v) is 9.19. The van der Waals surface area contributed by atoms with Gasteiger partial charge in [0.15, 0.2) is 0 Å². The van der Waals surface area contributed by atoms with E-state index in [-0.39, 0.29) is 0 Å². The molecule has 126 valence electrons. The second kappa shape index (κ2) is 14.9. The summed E-state index contributed by atoms with van der Waals surface area (Å²) in [5.74, 6) is 0.977. The Kier molecular flexibility index (Phi) is 12.9. The minimum atomic E-state index is 0.822. The zero-order valence-corrected chi connectivity index (χ0v) is 14.4. The van der Waals surface area contributed by atoms with Crippen molar-refractivity contribution in [2.45, 2.75) is 71.1 Å². The maximum atomic E-state index is 5.68. The van der Waals surface area contributed by atoms with E-state index in [1.54, 1.807) is 0 Å². The summed E-state index contributed by atoms with van der Waals surface area (Å²) >= 11 is 0. The molecule has 1 rings (SSSR count). The second-order valence-electron chi connectivity index (χ2n) is 5.96. The Bertz CT molecular complexity index is 324. The third-order valence-corrected chi connectivity index (χ3v) is 3.84. The van der Waals surface area contributed by atoms with E-state index in [9.17, 15) is 0 Å². The van der Waals surface area contributed by atoms with Gasteiger partial charge < -0.3 is 9.47 Å². The Morgan fingerprint density at radius 1 is 0.636 bits per heavy atom. The molecule has 1 aromatic rings. The molecule has 0 aliphatic rings. The number of unbranched alkanes of at least 4 members (excludes halogenated alkanes) is 8. The largest absolute Gasteiger partial charge is 0.494 e. The minimum absolute atomic E-state index is 0.822. The normalized spacial score (nSPS) is 10.8. The van der Waals surface area contributed by atoms with Gasteiger partial charge in [-0.15, -0.1) is 0 Å². The van der Waals surface area contributed by atoms with Crippen molar-refractivity contribution in [1.82, 2.24) is 0 Å². The zero-order chi connectivity index (χ0) is 15.7. The first kappa shape index (κ1) is 19.0. The first-order valence-electron chi connectivity index (χ1n) is 9.19. The van der Waals surface area contributed by atoms with Gasteiger partial charge in [0.2, 0.25) is 0 Å². The van der Waals surface area contributed by atoms with Crippen LogP contribution in [0.15, 0.2) is 30.3 Å². The van der Waals surface area contributed by atoms with Crippen LogP contribution in [0.3, 0.4) is 0 Å². The molecule has 0 heterocycles. The Morgan fingerprint density at radius 3 is 1.82 bits per heavy atom. The molecule has 2 heteroatoms. The molecule has 0 bridgehead atoms. The summed E-state index contributed by atoms with van der Waals surface area (Å²) in [5, 5.41) is 0. The van der Waals surface area contributed by atoms with Crippen LogP contribution in [0.4, 0.5) is 0 Å². The van der Waals surface area contributed by atoms with Crippen LogP contribution in [-0.2, 0) is 4.74 Å². The molecule has 0 atom stereocenters. The predicted octanol–water partition coefficient (Wildman–Crippen LogP) is 6.00. The SMILES string of the molecule is CCCCCCCCOCCCCCCOc1ccccc1. The number of ether oxygens (including phenoxy) is 2. The molecule has 2 nitrogen and oxygen atoms in total. The molecule has 0 amide bonds. The van der Waals surface area contributed by atoms with Crippen molar-refractivity contribution in [2.75, 3.05) is 19.8 Å². The third kappa shape index (κ3) is 11.6. The maximum absolute atomic E-state index is 5.68. The lowest BCUT2D eigenvalue weighted by Gasteiger charge is -2.06. The van der Waals surface area contributed by atoms with Crippen molar-refractivity contribution in [1.29, 1.82) is 0 Å². The number of hydrogen-bond acceptors (Lipinski definition) is 2. The fourth-order valence-electron chi connectivity index (χ4n) is 2.45. The lowest BCUT2D eigenvalue weighted by atomic mass is 10.1. The third-order valence-electron chi connectivity index (χ3n) is 3.84. The summed E-state index contributed by atoms with van der Waals surface area (Å²) in [4.78, 5) is 0. The van der Waals surface area contributed by atoms with Crippen molar-refractivity contribution >= 4 is 0 Å². The van der Waals surface area contributed by atoms with Crippen molar-refractivity contribution in [2.24, 2.45) is 0 Å². The van der Waals surface area contributed by atoms with Gasteiger partial charge in [-0.25, -0.2) is 0 Å². The summed E-state index contributed by atoms with van der Waals surface area (Å²) in [5.41, 5.74) is 0. The standard InChI is InChI=1S/C20H34O2/c1-2-3-4-5-6-12-17-21-18-13-7-8-14-19-22-20-15-10-9-11-16-20/h9-11,15-16H,2-8,12-14,17-19H2,1H3. The van der Waals surface area contributed by atoms with E-state index in [0.29, 0.717) is 0 Å². The number of hydrogen-bond donors (Lipinski definition) is 0. The van der Waals surface area contributed by atoms with E-state index in [1.165, 1.54) is 57.8 Å². The summed E-state index contributed by atoms with van der Waals surface area (Å²) in [6.45, 7) is 4.96. The van der Waals surface area contributed by atoms with Gasteiger partial charge in [0, 0.05) is 13.2 Å². The minimum Gasteiger partial charge on any atom is -0.494 e.